The number of carbonyl (C=O) groups excluding carboxylic acids is 1. The van der Waals surface area contributed by atoms with Crippen molar-refractivity contribution in [1.82, 2.24) is 10.5 Å². The Morgan fingerprint density at radius 1 is 1.48 bits per heavy atom. The zero-order valence-electron chi connectivity index (χ0n) is 12.5. The van der Waals surface area contributed by atoms with Crippen LogP contribution in [0.5, 0.6) is 0 Å². The Morgan fingerprint density at radius 3 is 2.86 bits per heavy atom. The van der Waals surface area contributed by atoms with Crippen LogP contribution >= 0.6 is 0 Å². The molecule has 0 saturated carbocycles. The lowest BCUT2D eigenvalue weighted by Crippen LogP contribution is -2.29. The van der Waals surface area contributed by atoms with Crippen LogP contribution in [0.3, 0.4) is 0 Å². The van der Waals surface area contributed by atoms with Crippen molar-refractivity contribution in [3.05, 3.63) is 41.2 Å². The van der Waals surface area contributed by atoms with Crippen molar-refractivity contribution >= 4 is 5.91 Å². The molecule has 1 amide bonds. The molecule has 21 heavy (non-hydrogen) atoms. The summed E-state index contributed by atoms with van der Waals surface area (Å²) in [6.45, 7) is 4.11. The van der Waals surface area contributed by atoms with Gasteiger partial charge in [0.1, 0.15) is 17.6 Å². The summed E-state index contributed by atoms with van der Waals surface area (Å²) in [5.74, 6) is 1.43. The second kappa shape index (κ2) is 7.08. The minimum atomic E-state index is -0.275. The lowest BCUT2D eigenvalue weighted by Gasteiger charge is -2.13. The van der Waals surface area contributed by atoms with Gasteiger partial charge in [0.05, 0.1) is 18.5 Å². The van der Waals surface area contributed by atoms with Gasteiger partial charge >= 0.3 is 0 Å². The number of nitrogens with one attached hydrogen (secondary N) is 1. The van der Waals surface area contributed by atoms with Gasteiger partial charge in [0.2, 0.25) is 5.91 Å². The largest absolute Gasteiger partial charge is 0.467 e. The van der Waals surface area contributed by atoms with Crippen LogP contribution in [0.15, 0.2) is 27.3 Å². The molecule has 0 aliphatic heterocycles. The van der Waals surface area contributed by atoms with Gasteiger partial charge in [-0.25, -0.2) is 0 Å². The monoisotopic (exact) mass is 292 g/mol. The Kier molecular flexibility index (Phi) is 5.16. The highest BCUT2D eigenvalue weighted by Gasteiger charge is 2.15. The minimum absolute atomic E-state index is 0.0383. The predicted octanol–water partition coefficient (Wildman–Crippen LogP) is 2.32. The van der Waals surface area contributed by atoms with Crippen LogP contribution < -0.4 is 5.32 Å². The van der Waals surface area contributed by atoms with Crippen LogP contribution in [0.1, 0.15) is 35.3 Å². The molecule has 2 rings (SSSR count). The summed E-state index contributed by atoms with van der Waals surface area (Å²) in [6.07, 6.45) is 2.31. The number of methoxy groups -OCH3 is 1. The second-order valence-corrected chi connectivity index (χ2v) is 4.85. The number of hydrogen-bond donors (Lipinski definition) is 1. The van der Waals surface area contributed by atoms with Gasteiger partial charge in [-0.1, -0.05) is 5.16 Å². The summed E-state index contributed by atoms with van der Waals surface area (Å²) < 4.78 is 15.7. The fraction of sp³-hybridized carbons (Fsp3) is 0.467. The number of rotatable bonds is 7. The summed E-state index contributed by atoms with van der Waals surface area (Å²) >= 11 is 0. The molecular weight excluding hydrogens is 272 g/mol. The maximum absolute atomic E-state index is 11.9. The molecule has 2 heterocycles. The quantitative estimate of drug-likeness (QED) is 0.847. The van der Waals surface area contributed by atoms with Gasteiger partial charge in [0, 0.05) is 19.1 Å². The average Bonchev–Trinajstić information content (AvgIpc) is 3.09. The molecule has 0 spiro atoms. The molecule has 0 radical (unpaired) electrons. The molecular formula is C15H20N2O4. The normalized spacial score (nSPS) is 12.3. The maximum atomic E-state index is 11.9. The van der Waals surface area contributed by atoms with E-state index in [-0.39, 0.29) is 12.0 Å². The van der Waals surface area contributed by atoms with E-state index in [0.717, 1.165) is 17.0 Å². The predicted molar refractivity (Wildman–Crippen MR) is 75.8 cm³/mol. The Hall–Kier alpha value is -2.08. The SMILES string of the molecule is CO[C@H](CNC(=O)CCc1c(C)noc1C)c1ccco1. The number of amides is 1. The van der Waals surface area contributed by atoms with E-state index in [4.69, 9.17) is 13.7 Å². The molecule has 0 aliphatic rings. The van der Waals surface area contributed by atoms with Crippen LogP contribution in [0, 0.1) is 13.8 Å². The van der Waals surface area contributed by atoms with E-state index in [9.17, 15) is 4.79 Å². The van der Waals surface area contributed by atoms with Crippen molar-refractivity contribution < 1.29 is 18.5 Å². The minimum Gasteiger partial charge on any atom is -0.467 e. The molecule has 2 aromatic rings. The van der Waals surface area contributed by atoms with E-state index in [1.807, 2.05) is 19.9 Å². The molecule has 1 atom stereocenters. The first-order valence-corrected chi connectivity index (χ1v) is 6.86. The highest BCUT2D eigenvalue weighted by Crippen LogP contribution is 2.16. The van der Waals surface area contributed by atoms with Gasteiger partial charge < -0.3 is 19.0 Å². The lowest BCUT2D eigenvalue weighted by atomic mass is 10.1. The summed E-state index contributed by atoms with van der Waals surface area (Å²) in [7, 11) is 1.59. The van der Waals surface area contributed by atoms with Crippen LogP contribution in [0.4, 0.5) is 0 Å². The van der Waals surface area contributed by atoms with Gasteiger partial charge in [-0.3, -0.25) is 4.79 Å². The summed E-state index contributed by atoms with van der Waals surface area (Å²) in [5, 5.41) is 6.72. The van der Waals surface area contributed by atoms with E-state index in [1.165, 1.54) is 0 Å². The number of ether oxygens (including phenoxy) is 1. The van der Waals surface area contributed by atoms with Crippen molar-refractivity contribution in [2.75, 3.05) is 13.7 Å². The number of aromatic nitrogens is 1. The third-order valence-electron chi connectivity index (χ3n) is 3.41. The van der Waals surface area contributed by atoms with Crippen molar-refractivity contribution in [2.24, 2.45) is 0 Å². The van der Waals surface area contributed by atoms with E-state index in [0.29, 0.717) is 25.1 Å². The number of hydrogen-bond acceptors (Lipinski definition) is 5. The third-order valence-corrected chi connectivity index (χ3v) is 3.41. The molecule has 1 N–H and O–H groups in total. The molecule has 0 unspecified atom stereocenters. The van der Waals surface area contributed by atoms with Crippen LogP contribution in [-0.2, 0) is 16.0 Å². The number of nitrogens with zero attached hydrogens (tertiary/aromatic N) is 1. The van der Waals surface area contributed by atoms with Gasteiger partial charge in [0.15, 0.2) is 0 Å². The molecule has 2 aromatic heterocycles. The number of aryl methyl sites for hydroxylation is 2. The van der Waals surface area contributed by atoms with Crippen molar-refractivity contribution in [3.63, 3.8) is 0 Å². The van der Waals surface area contributed by atoms with E-state index < -0.39 is 0 Å². The third kappa shape index (κ3) is 3.95. The highest BCUT2D eigenvalue weighted by atomic mass is 16.5. The smallest absolute Gasteiger partial charge is 0.220 e. The van der Waals surface area contributed by atoms with Crippen LogP contribution in [-0.4, -0.2) is 24.7 Å². The molecule has 6 heteroatoms. The summed E-state index contributed by atoms with van der Waals surface area (Å²) in [4.78, 5) is 11.9. The van der Waals surface area contributed by atoms with Crippen LogP contribution in [0.2, 0.25) is 0 Å². The number of carbonyl (C=O) groups is 1. The first-order valence-electron chi connectivity index (χ1n) is 6.86. The van der Waals surface area contributed by atoms with E-state index in [2.05, 4.69) is 10.5 Å². The topological polar surface area (TPSA) is 77.5 Å². The molecule has 0 fully saturated rings. The Labute approximate surface area is 123 Å². The summed E-state index contributed by atoms with van der Waals surface area (Å²) in [6, 6.07) is 3.62. The van der Waals surface area contributed by atoms with E-state index >= 15 is 0 Å². The maximum Gasteiger partial charge on any atom is 0.220 e. The van der Waals surface area contributed by atoms with Gasteiger partial charge in [-0.15, -0.1) is 0 Å². The Bertz CT molecular complexity index is 555. The standard InChI is InChI=1S/C15H20N2O4/c1-10-12(11(2)21-17-10)6-7-15(18)16-9-14(19-3)13-5-4-8-20-13/h4-5,8,14H,6-7,9H2,1-3H3,(H,16,18)/t14-/m1/s1. The first-order chi connectivity index (χ1) is 10.1. The van der Waals surface area contributed by atoms with Gasteiger partial charge in [-0.05, 0) is 32.4 Å². The Morgan fingerprint density at radius 2 is 2.29 bits per heavy atom. The van der Waals surface area contributed by atoms with Crippen molar-refractivity contribution in [1.29, 1.82) is 0 Å². The van der Waals surface area contributed by atoms with Gasteiger partial charge in [0.25, 0.3) is 0 Å². The second-order valence-electron chi connectivity index (χ2n) is 4.85. The molecule has 0 bridgehead atoms. The fourth-order valence-electron chi connectivity index (χ4n) is 2.17. The highest BCUT2D eigenvalue weighted by molar-refractivity contribution is 5.76. The van der Waals surface area contributed by atoms with Crippen molar-refractivity contribution in [3.8, 4) is 0 Å². The molecule has 0 aromatic carbocycles. The molecule has 6 nitrogen and oxygen atoms in total. The summed E-state index contributed by atoms with van der Waals surface area (Å²) in [5.41, 5.74) is 1.84. The Balaban J connectivity index is 1.80. The molecule has 0 saturated heterocycles. The first kappa shape index (κ1) is 15.3. The van der Waals surface area contributed by atoms with Crippen LogP contribution in [0.25, 0.3) is 0 Å². The molecule has 114 valence electrons. The van der Waals surface area contributed by atoms with E-state index in [1.54, 1.807) is 19.4 Å². The lowest BCUT2D eigenvalue weighted by molar-refractivity contribution is -0.121. The zero-order valence-corrected chi connectivity index (χ0v) is 12.5. The molecule has 0 aliphatic carbocycles. The number of furan rings is 1. The van der Waals surface area contributed by atoms with Gasteiger partial charge in [-0.2, -0.15) is 0 Å². The fourth-order valence-corrected chi connectivity index (χ4v) is 2.17. The zero-order chi connectivity index (χ0) is 15.2. The average molecular weight is 292 g/mol. The van der Waals surface area contributed by atoms with Crippen molar-refractivity contribution in [2.45, 2.75) is 32.8 Å².